The van der Waals surface area contributed by atoms with Crippen LogP contribution in [0.5, 0.6) is 5.75 Å². The number of fused-ring (bicyclic) bond motifs is 1. The van der Waals surface area contributed by atoms with E-state index in [4.69, 9.17) is 4.74 Å². The molecule has 1 aromatic heterocycles. The van der Waals surface area contributed by atoms with Gasteiger partial charge in [-0.3, -0.25) is 4.79 Å². The van der Waals surface area contributed by atoms with Crippen LogP contribution in [0, 0.1) is 6.92 Å². The van der Waals surface area contributed by atoms with Crippen LogP contribution < -0.4 is 10.1 Å². The van der Waals surface area contributed by atoms with E-state index >= 15 is 0 Å². The van der Waals surface area contributed by atoms with Crippen LogP contribution in [0.2, 0.25) is 0 Å². The van der Waals surface area contributed by atoms with Crippen molar-refractivity contribution in [2.45, 2.75) is 71.9 Å². The van der Waals surface area contributed by atoms with Gasteiger partial charge in [-0.2, -0.15) is 0 Å². The molecule has 0 saturated heterocycles. The summed E-state index contributed by atoms with van der Waals surface area (Å²) in [6, 6.07) is 21.8. The van der Waals surface area contributed by atoms with Crippen molar-refractivity contribution in [2.24, 2.45) is 7.05 Å². The lowest BCUT2D eigenvalue weighted by Crippen LogP contribution is -2.37. The van der Waals surface area contributed by atoms with E-state index in [1.54, 1.807) is 0 Å². The summed E-state index contributed by atoms with van der Waals surface area (Å²) in [5.74, 6) is -0.584. The second-order valence-electron chi connectivity index (χ2n) is 11.1. The average molecular weight is 541 g/mol. The van der Waals surface area contributed by atoms with Crippen molar-refractivity contribution in [1.82, 2.24) is 9.88 Å². The van der Waals surface area contributed by atoms with Gasteiger partial charge in [0, 0.05) is 29.2 Å². The van der Waals surface area contributed by atoms with E-state index in [-0.39, 0.29) is 11.9 Å². The fourth-order valence-electron chi connectivity index (χ4n) is 4.99. The molecule has 0 radical (unpaired) electrons. The standard InChI is InChI=1S/C34H40N2O4/c1-7-8-10-24-11-9-12-26(19-24)22(2)35-32(37)27-15-18-29-30(23(3)36(6)31(29)21-27)20-25-13-16-28(17-14-25)40-34(4,5)33(38)39/h9,11-19,21-22H,7-8,10,20H2,1-6H3,(H,35,37)(H,38,39)/t22-/m0/s1. The van der Waals surface area contributed by atoms with Crippen molar-refractivity contribution in [2.75, 3.05) is 0 Å². The quantitative estimate of drug-likeness (QED) is 0.212. The number of rotatable bonds is 11. The molecule has 0 unspecified atom stereocenters. The summed E-state index contributed by atoms with van der Waals surface area (Å²) in [7, 11) is 2.03. The summed E-state index contributed by atoms with van der Waals surface area (Å²) >= 11 is 0. The molecule has 6 heteroatoms. The molecule has 0 spiro atoms. The van der Waals surface area contributed by atoms with Gasteiger partial charge < -0.3 is 19.7 Å². The lowest BCUT2D eigenvalue weighted by molar-refractivity contribution is -0.152. The van der Waals surface area contributed by atoms with E-state index in [1.165, 1.54) is 25.0 Å². The molecule has 6 nitrogen and oxygen atoms in total. The van der Waals surface area contributed by atoms with E-state index in [9.17, 15) is 14.7 Å². The number of aromatic nitrogens is 1. The van der Waals surface area contributed by atoms with E-state index in [0.717, 1.165) is 47.0 Å². The average Bonchev–Trinajstić information content (AvgIpc) is 3.17. The normalized spacial score (nSPS) is 12.3. The number of carbonyl (C=O) groups is 2. The smallest absolute Gasteiger partial charge is 0.347 e. The van der Waals surface area contributed by atoms with Gasteiger partial charge >= 0.3 is 5.97 Å². The van der Waals surface area contributed by atoms with E-state index < -0.39 is 11.6 Å². The van der Waals surface area contributed by atoms with Gasteiger partial charge in [-0.15, -0.1) is 0 Å². The summed E-state index contributed by atoms with van der Waals surface area (Å²) in [6.45, 7) is 9.38. The third-order valence-corrected chi connectivity index (χ3v) is 7.70. The second-order valence-corrected chi connectivity index (χ2v) is 11.1. The van der Waals surface area contributed by atoms with Crippen LogP contribution in [0.3, 0.4) is 0 Å². The number of aryl methyl sites for hydroxylation is 2. The number of hydrogen-bond donors (Lipinski definition) is 2. The zero-order valence-corrected chi connectivity index (χ0v) is 24.4. The Hall–Kier alpha value is -4.06. The molecular weight excluding hydrogens is 500 g/mol. The molecular formula is C34H40N2O4. The zero-order valence-electron chi connectivity index (χ0n) is 24.4. The Bertz CT molecular complexity index is 1520. The van der Waals surface area contributed by atoms with Crippen LogP contribution in [0.1, 0.15) is 84.9 Å². The Kier molecular flexibility index (Phi) is 8.67. The molecule has 0 fully saturated rings. The lowest BCUT2D eigenvalue weighted by atomic mass is 10.0. The highest BCUT2D eigenvalue weighted by molar-refractivity contribution is 5.99. The van der Waals surface area contributed by atoms with Gasteiger partial charge in [0.25, 0.3) is 5.91 Å². The maximum absolute atomic E-state index is 13.2. The Morgan fingerprint density at radius 2 is 1.75 bits per heavy atom. The van der Waals surface area contributed by atoms with Crippen LogP contribution in [0.25, 0.3) is 10.9 Å². The maximum Gasteiger partial charge on any atom is 0.347 e. The van der Waals surface area contributed by atoms with Crippen molar-refractivity contribution in [3.05, 3.63) is 100 Å². The summed E-state index contributed by atoms with van der Waals surface area (Å²) < 4.78 is 7.77. The van der Waals surface area contributed by atoms with Crippen LogP contribution >= 0.6 is 0 Å². The van der Waals surface area contributed by atoms with Crippen molar-refractivity contribution in [3.8, 4) is 5.75 Å². The molecule has 40 heavy (non-hydrogen) atoms. The zero-order chi connectivity index (χ0) is 29.0. The summed E-state index contributed by atoms with van der Waals surface area (Å²) in [6.07, 6.45) is 4.08. The number of amides is 1. The first-order valence-electron chi connectivity index (χ1n) is 14.0. The molecule has 0 aliphatic heterocycles. The summed E-state index contributed by atoms with van der Waals surface area (Å²) in [5, 5.41) is 13.6. The predicted octanol–water partition coefficient (Wildman–Crippen LogP) is 7.15. The molecule has 0 bridgehead atoms. The Labute approximate surface area is 237 Å². The predicted molar refractivity (Wildman–Crippen MR) is 160 cm³/mol. The minimum absolute atomic E-state index is 0.0892. The fraction of sp³-hybridized carbons (Fsp3) is 0.353. The first-order valence-corrected chi connectivity index (χ1v) is 14.0. The molecule has 0 aliphatic carbocycles. The molecule has 0 aliphatic rings. The van der Waals surface area contributed by atoms with E-state index in [1.807, 2.05) is 56.4 Å². The SMILES string of the molecule is CCCCc1cccc([C@H](C)NC(=O)c2ccc3c(Cc4ccc(OC(C)(C)C(=O)O)cc4)c(C)n(C)c3c2)c1. The monoisotopic (exact) mass is 540 g/mol. The number of aliphatic carboxylic acids is 1. The molecule has 1 heterocycles. The third-order valence-electron chi connectivity index (χ3n) is 7.70. The van der Waals surface area contributed by atoms with E-state index in [0.29, 0.717) is 17.7 Å². The van der Waals surface area contributed by atoms with Gasteiger partial charge in [0.1, 0.15) is 5.75 Å². The summed E-state index contributed by atoms with van der Waals surface area (Å²) in [5.41, 5.74) is 6.19. The van der Waals surface area contributed by atoms with Crippen molar-refractivity contribution >= 4 is 22.8 Å². The number of nitrogens with one attached hydrogen (secondary N) is 1. The molecule has 1 atom stereocenters. The Morgan fingerprint density at radius 3 is 2.42 bits per heavy atom. The number of carbonyl (C=O) groups excluding carboxylic acids is 1. The van der Waals surface area contributed by atoms with E-state index in [2.05, 4.69) is 48.0 Å². The molecule has 0 saturated carbocycles. The third kappa shape index (κ3) is 6.39. The number of carboxylic acid groups (broad SMARTS) is 1. The van der Waals surface area contributed by atoms with Gasteiger partial charge in [0.15, 0.2) is 5.60 Å². The molecule has 210 valence electrons. The number of nitrogens with zero attached hydrogens (tertiary/aromatic N) is 1. The topological polar surface area (TPSA) is 80.6 Å². The largest absolute Gasteiger partial charge is 0.478 e. The minimum atomic E-state index is -1.30. The van der Waals surface area contributed by atoms with Gasteiger partial charge in [-0.1, -0.05) is 55.8 Å². The number of ether oxygens (including phenoxy) is 1. The van der Waals surface area contributed by atoms with Gasteiger partial charge in [-0.05, 0) is 93.5 Å². The van der Waals surface area contributed by atoms with Crippen LogP contribution in [0.15, 0.2) is 66.7 Å². The first kappa shape index (κ1) is 28.9. The Balaban J connectivity index is 1.51. The Morgan fingerprint density at radius 1 is 1.02 bits per heavy atom. The lowest BCUT2D eigenvalue weighted by Gasteiger charge is -2.21. The highest BCUT2D eigenvalue weighted by Crippen LogP contribution is 2.29. The van der Waals surface area contributed by atoms with Gasteiger partial charge in [0.05, 0.1) is 6.04 Å². The fourth-order valence-corrected chi connectivity index (χ4v) is 4.99. The highest BCUT2D eigenvalue weighted by Gasteiger charge is 2.29. The van der Waals surface area contributed by atoms with Crippen LogP contribution in [-0.2, 0) is 24.7 Å². The van der Waals surface area contributed by atoms with Crippen LogP contribution in [-0.4, -0.2) is 27.2 Å². The minimum Gasteiger partial charge on any atom is -0.478 e. The van der Waals surface area contributed by atoms with Gasteiger partial charge in [-0.25, -0.2) is 4.79 Å². The molecule has 4 aromatic rings. The number of hydrogen-bond acceptors (Lipinski definition) is 3. The number of unbranched alkanes of at least 4 members (excludes halogenated alkanes) is 1. The summed E-state index contributed by atoms with van der Waals surface area (Å²) in [4.78, 5) is 24.6. The molecule has 3 aromatic carbocycles. The molecule has 1 amide bonds. The van der Waals surface area contributed by atoms with Crippen molar-refractivity contribution < 1.29 is 19.4 Å². The number of benzene rings is 3. The van der Waals surface area contributed by atoms with Crippen molar-refractivity contribution in [1.29, 1.82) is 0 Å². The number of carboxylic acids is 1. The van der Waals surface area contributed by atoms with Crippen molar-refractivity contribution in [3.63, 3.8) is 0 Å². The first-order chi connectivity index (χ1) is 19.0. The van der Waals surface area contributed by atoms with Gasteiger partial charge in [0.2, 0.25) is 0 Å². The molecule has 4 rings (SSSR count). The molecule has 2 N–H and O–H groups in total. The van der Waals surface area contributed by atoms with Crippen LogP contribution in [0.4, 0.5) is 0 Å². The second kappa shape index (κ2) is 12.0. The maximum atomic E-state index is 13.2. The highest BCUT2D eigenvalue weighted by atomic mass is 16.5.